The van der Waals surface area contributed by atoms with Crippen LogP contribution in [0.1, 0.15) is 62.9 Å². The van der Waals surface area contributed by atoms with Crippen molar-refractivity contribution in [2.24, 2.45) is 5.41 Å². The van der Waals surface area contributed by atoms with Gasteiger partial charge in [-0.15, -0.1) is 0 Å². The van der Waals surface area contributed by atoms with Crippen LogP contribution in [0, 0.1) is 5.41 Å². The van der Waals surface area contributed by atoms with Crippen LogP contribution in [0.25, 0.3) is 11.3 Å². The van der Waals surface area contributed by atoms with Crippen molar-refractivity contribution in [2.45, 2.75) is 57.2 Å². The highest BCUT2D eigenvalue weighted by atomic mass is 16.3. The van der Waals surface area contributed by atoms with E-state index in [0.717, 1.165) is 29.8 Å². The van der Waals surface area contributed by atoms with Crippen LogP contribution >= 0.6 is 0 Å². The summed E-state index contributed by atoms with van der Waals surface area (Å²) in [6, 6.07) is 12.4. The lowest BCUT2D eigenvalue weighted by atomic mass is 9.62. The quantitative estimate of drug-likeness (QED) is 0.534. The lowest BCUT2D eigenvalue weighted by Crippen LogP contribution is -2.63. The summed E-state index contributed by atoms with van der Waals surface area (Å²) >= 11 is 0. The van der Waals surface area contributed by atoms with E-state index in [1.165, 1.54) is 18.4 Å². The minimum Gasteiger partial charge on any atom is -0.384 e. The van der Waals surface area contributed by atoms with Crippen molar-refractivity contribution in [1.82, 2.24) is 20.1 Å². The number of aromatic amines is 1. The number of benzene rings is 1. The largest absolute Gasteiger partial charge is 0.384 e. The molecule has 2 fully saturated rings. The van der Waals surface area contributed by atoms with Crippen molar-refractivity contribution < 1.29 is 10.2 Å². The summed E-state index contributed by atoms with van der Waals surface area (Å²) in [6.45, 7) is 9.47. The molecule has 1 aliphatic carbocycles. The summed E-state index contributed by atoms with van der Waals surface area (Å²) < 4.78 is 0. The molecular weight excluding hydrogens is 412 g/mol. The van der Waals surface area contributed by atoms with Crippen LogP contribution < -0.4 is 0 Å². The van der Waals surface area contributed by atoms with E-state index in [4.69, 9.17) is 0 Å². The van der Waals surface area contributed by atoms with Crippen molar-refractivity contribution in [3.63, 3.8) is 0 Å². The van der Waals surface area contributed by atoms with E-state index in [1.54, 1.807) is 26.2 Å². The van der Waals surface area contributed by atoms with Crippen LogP contribution in [0.4, 0.5) is 0 Å². The molecule has 0 radical (unpaired) electrons. The van der Waals surface area contributed by atoms with Crippen LogP contribution in [0.15, 0.2) is 48.8 Å². The highest BCUT2D eigenvalue weighted by Crippen LogP contribution is 2.52. The third kappa shape index (κ3) is 3.61. The minimum atomic E-state index is -1.19. The van der Waals surface area contributed by atoms with Gasteiger partial charge in [0.15, 0.2) is 0 Å². The van der Waals surface area contributed by atoms with Gasteiger partial charge in [-0.05, 0) is 62.4 Å². The SMILES string of the molecule is CN1CC(C)([C@](O)(c2ccc(C3(C)CC3)cc2)c2cncc(-c3cc(C(C)(C)O)[nH]n3)c2)C1. The predicted octanol–water partition coefficient (Wildman–Crippen LogP) is 3.94. The second-order valence-electron chi connectivity index (χ2n) is 11.3. The average molecular weight is 447 g/mol. The van der Waals surface area contributed by atoms with Crippen molar-refractivity contribution in [3.05, 3.63) is 71.2 Å². The second-order valence-corrected chi connectivity index (χ2v) is 11.3. The first kappa shape index (κ1) is 22.3. The van der Waals surface area contributed by atoms with Gasteiger partial charge in [0, 0.05) is 42.0 Å². The molecule has 1 aromatic carbocycles. The number of hydrogen-bond acceptors (Lipinski definition) is 5. The van der Waals surface area contributed by atoms with Crippen LogP contribution in [0.5, 0.6) is 0 Å². The van der Waals surface area contributed by atoms with E-state index >= 15 is 0 Å². The highest BCUT2D eigenvalue weighted by molar-refractivity contribution is 5.60. The van der Waals surface area contributed by atoms with Gasteiger partial charge in [-0.2, -0.15) is 5.10 Å². The van der Waals surface area contributed by atoms with Crippen molar-refractivity contribution in [2.75, 3.05) is 20.1 Å². The topological polar surface area (TPSA) is 85.3 Å². The molecule has 1 aliphatic heterocycles. The summed E-state index contributed by atoms with van der Waals surface area (Å²) in [6.07, 6.45) is 5.97. The molecular formula is C27H34N4O2. The molecule has 33 heavy (non-hydrogen) atoms. The Bertz CT molecular complexity index is 1170. The summed E-state index contributed by atoms with van der Waals surface area (Å²) in [5.74, 6) is 0. The molecule has 0 unspecified atom stereocenters. The third-order valence-corrected chi connectivity index (χ3v) is 7.80. The maximum atomic E-state index is 12.4. The van der Waals surface area contributed by atoms with Crippen LogP contribution in [-0.4, -0.2) is 50.4 Å². The predicted molar refractivity (Wildman–Crippen MR) is 129 cm³/mol. The molecule has 174 valence electrons. The van der Waals surface area contributed by atoms with E-state index in [2.05, 4.69) is 65.2 Å². The molecule has 0 spiro atoms. The maximum Gasteiger partial charge on any atom is 0.124 e. The molecule has 3 heterocycles. The number of nitrogens with zero attached hydrogens (tertiary/aromatic N) is 3. The van der Waals surface area contributed by atoms with E-state index < -0.39 is 11.2 Å². The normalized spacial score (nSPS) is 21.3. The average Bonchev–Trinajstić information content (AvgIpc) is 3.30. The van der Waals surface area contributed by atoms with Gasteiger partial charge in [-0.1, -0.05) is 38.1 Å². The molecule has 1 saturated carbocycles. The number of aromatic nitrogens is 3. The van der Waals surface area contributed by atoms with Gasteiger partial charge >= 0.3 is 0 Å². The smallest absolute Gasteiger partial charge is 0.124 e. The van der Waals surface area contributed by atoms with Gasteiger partial charge in [-0.25, -0.2) is 0 Å². The Kier molecular flexibility index (Phi) is 4.88. The first-order chi connectivity index (χ1) is 15.4. The molecule has 0 bridgehead atoms. The molecule has 3 N–H and O–H groups in total. The number of hydrogen-bond donors (Lipinski definition) is 3. The Morgan fingerprint density at radius 1 is 0.970 bits per heavy atom. The molecule has 5 rings (SSSR count). The summed E-state index contributed by atoms with van der Waals surface area (Å²) in [5.41, 5.74) is 2.85. The maximum absolute atomic E-state index is 12.4. The van der Waals surface area contributed by atoms with Gasteiger partial charge in [0.2, 0.25) is 0 Å². The van der Waals surface area contributed by atoms with Crippen molar-refractivity contribution in [3.8, 4) is 11.3 Å². The number of H-pyrrole nitrogens is 1. The fourth-order valence-corrected chi connectivity index (χ4v) is 5.39. The fraction of sp³-hybridized carbons (Fsp3) is 0.481. The molecule has 2 aromatic heterocycles. The zero-order chi connectivity index (χ0) is 23.6. The number of rotatable bonds is 6. The van der Waals surface area contributed by atoms with Crippen LogP contribution in [-0.2, 0) is 16.6 Å². The van der Waals surface area contributed by atoms with Crippen molar-refractivity contribution in [1.29, 1.82) is 0 Å². The zero-order valence-electron chi connectivity index (χ0n) is 20.2. The van der Waals surface area contributed by atoms with Gasteiger partial charge in [0.05, 0.1) is 11.4 Å². The number of aliphatic hydroxyl groups is 2. The Morgan fingerprint density at radius 2 is 1.64 bits per heavy atom. The monoisotopic (exact) mass is 446 g/mol. The molecule has 6 nitrogen and oxygen atoms in total. The standard InChI is InChI=1S/C27H34N4O2/c1-24(2,32)23-13-22(29-30-23)18-12-21(15-28-14-18)27(33,26(4)16-31(5)17-26)20-8-6-19(7-9-20)25(3)10-11-25/h6-9,12-15,32-33H,10-11,16-17H2,1-5H3,(H,29,30)/t27-/m0/s1. The second kappa shape index (κ2) is 7.23. The Morgan fingerprint density at radius 3 is 2.18 bits per heavy atom. The number of pyridine rings is 1. The van der Waals surface area contributed by atoms with E-state index in [0.29, 0.717) is 11.4 Å². The first-order valence-electron chi connectivity index (χ1n) is 11.7. The van der Waals surface area contributed by atoms with Crippen LogP contribution in [0.2, 0.25) is 0 Å². The highest BCUT2D eigenvalue weighted by Gasteiger charge is 2.55. The minimum absolute atomic E-state index is 0.289. The Hall–Kier alpha value is -2.54. The van der Waals surface area contributed by atoms with Crippen molar-refractivity contribution >= 4 is 0 Å². The summed E-state index contributed by atoms with van der Waals surface area (Å²) in [4.78, 5) is 6.72. The van der Waals surface area contributed by atoms with E-state index in [9.17, 15) is 10.2 Å². The molecule has 2 aliphatic rings. The fourth-order valence-electron chi connectivity index (χ4n) is 5.39. The molecule has 6 heteroatoms. The van der Waals surface area contributed by atoms with Gasteiger partial charge < -0.3 is 15.1 Å². The number of likely N-dealkylation sites (tertiary alicyclic amines) is 1. The van der Waals surface area contributed by atoms with Gasteiger partial charge in [0.25, 0.3) is 0 Å². The first-order valence-corrected chi connectivity index (χ1v) is 11.7. The zero-order valence-corrected chi connectivity index (χ0v) is 20.2. The Balaban J connectivity index is 1.58. The van der Waals surface area contributed by atoms with Crippen LogP contribution in [0.3, 0.4) is 0 Å². The third-order valence-electron chi connectivity index (χ3n) is 7.80. The lowest BCUT2D eigenvalue weighted by molar-refractivity contribution is -0.127. The lowest BCUT2D eigenvalue weighted by Gasteiger charge is -2.55. The molecule has 1 atom stereocenters. The Labute approximate surface area is 195 Å². The van der Waals surface area contributed by atoms with E-state index in [-0.39, 0.29) is 10.8 Å². The molecule has 3 aromatic rings. The van der Waals surface area contributed by atoms with Gasteiger partial charge in [-0.3, -0.25) is 10.1 Å². The number of nitrogens with one attached hydrogen (secondary N) is 1. The summed E-state index contributed by atoms with van der Waals surface area (Å²) in [7, 11) is 2.08. The summed E-state index contributed by atoms with van der Waals surface area (Å²) in [5, 5.41) is 30.0. The molecule has 1 saturated heterocycles. The van der Waals surface area contributed by atoms with Gasteiger partial charge in [0.1, 0.15) is 11.2 Å². The molecule has 0 amide bonds. The van der Waals surface area contributed by atoms with E-state index in [1.807, 2.05) is 12.1 Å².